The lowest BCUT2D eigenvalue weighted by molar-refractivity contribution is 0.189. The molecule has 0 fully saturated rings. The molecule has 2 aromatic rings. The van der Waals surface area contributed by atoms with Crippen LogP contribution in [0, 0.1) is 0 Å². The Labute approximate surface area is 160 Å². The van der Waals surface area contributed by atoms with Crippen molar-refractivity contribution in [2.45, 2.75) is 32.2 Å². The minimum absolute atomic E-state index is 0.0407. The molecular formula is C22H26N2O3. The zero-order valence-electron chi connectivity index (χ0n) is 15.8. The van der Waals surface area contributed by atoms with Crippen molar-refractivity contribution in [2.75, 3.05) is 26.8 Å². The molecule has 0 atom stereocenters. The summed E-state index contributed by atoms with van der Waals surface area (Å²) in [5.41, 5.74) is 5.29. The van der Waals surface area contributed by atoms with Crippen molar-refractivity contribution in [3.63, 3.8) is 0 Å². The van der Waals surface area contributed by atoms with Crippen molar-refractivity contribution in [1.82, 2.24) is 10.2 Å². The first-order valence-corrected chi connectivity index (χ1v) is 9.66. The maximum atomic E-state index is 12.5. The van der Waals surface area contributed by atoms with Crippen molar-refractivity contribution in [3.05, 3.63) is 58.7 Å². The van der Waals surface area contributed by atoms with E-state index < -0.39 is 0 Å². The SMILES string of the molecule is COc1ccc2c(c1)CN(C(=O)NCCOc1ccc3c(c1)CCC3)CC2. The van der Waals surface area contributed by atoms with Crippen LogP contribution in [0.1, 0.15) is 28.7 Å². The molecule has 1 heterocycles. The van der Waals surface area contributed by atoms with Crippen molar-refractivity contribution >= 4 is 6.03 Å². The van der Waals surface area contributed by atoms with E-state index in [2.05, 4.69) is 23.5 Å². The van der Waals surface area contributed by atoms with Gasteiger partial charge in [0.2, 0.25) is 0 Å². The average Bonchev–Trinajstić information content (AvgIpc) is 3.18. The summed E-state index contributed by atoms with van der Waals surface area (Å²) >= 11 is 0. The lowest BCUT2D eigenvalue weighted by atomic mass is 10.00. The zero-order chi connectivity index (χ0) is 18.6. The smallest absolute Gasteiger partial charge is 0.317 e. The summed E-state index contributed by atoms with van der Waals surface area (Å²) in [7, 11) is 1.66. The summed E-state index contributed by atoms with van der Waals surface area (Å²) in [4.78, 5) is 14.3. The van der Waals surface area contributed by atoms with E-state index in [4.69, 9.17) is 9.47 Å². The Morgan fingerprint density at radius 1 is 1.00 bits per heavy atom. The lowest BCUT2D eigenvalue weighted by Gasteiger charge is -2.29. The van der Waals surface area contributed by atoms with E-state index in [1.807, 2.05) is 23.1 Å². The maximum absolute atomic E-state index is 12.5. The molecule has 0 saturated heterocycles. The third-order valence-corrected chi connectivity index (χ3v) is 5.43. The highest BCUT2D eigenvalue weighted by Gasteiger charge is 2.20. The number of hydrogen-bond acceptors (Lipinski definition) is 3. The molecule has 2 aliphatic rings. The van der Waals surface area contributed by atoms with E-state index in [1.54, 1.807) is 7.11 Å². The fourth-order valence-corrected chi connectivity index (χ4v) is 3.91. The van der Waals surface area contributed by atoms with Crippen LogP contribution in [-0.4, -0.2) is 37.7 Å². The molecule has 0 unspecified atom stereocenters. The third kappa shape index (κ3) is 4.02. The van der Waals surface area contributed by atoms with E-state index in [0.717, 1.165) is 36.4 Å². The Morgan fingerprint density at radius 2 is 1.74 bits per heavy atom. The molecule has 5 heteroatoms. The van der Waals surface area contributed by atoms with Crippen LogP contribution in [0.4, 0.5) is 4.79 Å². The van der Waals surface area contributed by atoms with Gasteiger partial charge in [-0.1, -0.05) is 12.1 Å². The number of aryl methyl sites for hydroxylation is 2. The molecule has 142 valence electrons. The first-order valence-electron chi connectivity index (χ1n) is 9.66. The van der Waals surface area contributed by atoms with Gasteiger partial charge in [0, 0.05) is 13.1 Å². The van der Waals surface area contributed by atoms with Gasteiger partial charge in [-0.25, -0.2) is 4.79 Å². The van der Waals surface area contributed by atoms with Gasteiger partial charge in [0.1, 0.15) is 18.1 Å². The summed E-state index contributed by atoms with van der Waals surface area (Å²) in [6.45, 7) is 2.32. The van der Waals surface area contributed by atoms with Gasteiger partial charge in [-0.2, -0.15) is 0 Å². The fraction of sp³-hybridized carbons (Fsp3) is 0.409. The van der Waals surface area contributed by atoms with Crippen molar-refractivity contribution in [2.24, 2.45) is 0 Å². The monoisotopic (exact) mass is 366 g/mol. The van der Waals surface area contributed by atoms with Crippen molar-refractivity contribution in [1.29, 1.82) is 0 Å². The van der Waals surface area contributed by atoms with Crippen LogP contribution in [-0.2, 0) is 25.8 Å². The zero-order valence-corrected chi connectivity index (χ0v) is 15.8. The highest BCUT2D eigenvalue weighted by atomic mass is 16.5. The molecule has 1 aliphatic carbocycles. The van der Waals surface area contributed by atoms with E-state index in [9.17, 15) is 4.79 Å². The molecule has 0 spiro atoms. The van der Waals surface area contributed by atoms with Crippen LogP contribution in [0.2, 0.25) is 0 Å². The highest BCUT2D eigenvalue weighted by Crippen LogP contribution is 2.26. The molecule has 0 bridgehead atoms. The standard InChI is InChI=1S/C22H26N2O3/c1-26-20-7-5-17-9-11-24(15-19(17)14-20)22(25)23-10-12-27-21-8-6-16-3-2-4-18(16)13-21/h5-8,13-14H,2-4,9-12,15H2,1H3,(H,23,25). The number of hydrogen-bond donors (Lipinski definition) is 1. The summed E-state index contributed by atoms with van der Waals surface area (Å²) in [6.07, 6.45) is 4.43. The van der Waals surface area contributed by atoms with Gasteiger partial charge in [-0.05, 0) is 72.2 Å². The molecule has 5 nitrogen and oxygen atoms in total. The summed E-state index contributed by atoms with van der Waals surface area (Å²) < 4.78 is 11.1. The maximum Gasteiger partial charge on any atom is 0.317 e. The van der Waals surface area contributed by atoms with Crippen LogP contribution < -0.4 is 14.8 Å². The normalized spacial score (nSPS) is 15.1. The molecule has 0 radical (unpaired) electrons. The topological polar surface area (TPSA) is 50.8 Å². The van der Waals surface area contributed by atoms with Crippen LogP contribution in [0.5, 0.6) is 11.5 Å². The molecule has 1 N–H and O–H groups in total. The minimum atomic E-state index is -0.0407. The number of urea groups is 1. The number of carbonyl (C=O) groups excluding carboxylic acids is 1. The van der Waals surface area contributed by atoms with Gasteiger partial charge in [0.15, 0.2) is 0 Å². The number of rotatable bonds is 5. The second-order valence-electron chi connectivity index (χ2n) is 7.17. The second-order valence-corrected chi connectivity index (χ2v) is 7.17. The van der Waals surface area contributed by atoms with E-state index >= 15 is 0 Å². The van der Waals surface area contributed by atoms with Gasteiger partial charge in [0.05, 0.1) is 13.7 Å². The van der Waals surface area contributed by atoms with E-state index in [1.165, 1.54) is 29.5 Å². The van der Waals surface area contributed by atoms with Gasteiger partial charge in [-0.15, -0.1) is 0 Å². The first kappa shape index (κ1) is 17.7. The highest BCUT2D eigenvalue weighted by molar-refractivity contribution is 5.74. The van der Waals surface area contributed by atoms with Gasteiger partial charge in [-0.3, -0.25) is 0 Å². The van der Waals surface area contributed by atoms with Gasteiger partial charge < -0.3 is 19.7 Å². The second kappa shape index (κ2) is 7.91. The molecule has 0 saturated carbocycles. The van der Waals surface area contributed by atoms with Crippen LogP contribution in [0.25, 0.3) is 0 Å². The molecule has 0 aromatic heterocycles. The number of benzene rings is 2. The summed E-state index contributed by atoms with van der Waals surface area (Å²) in [5.74, 6) is 1.72. The van der Waals surface area contributed by atoms with Crippen LogP contribution in [0.3, 0.4) is 0 Å². The number of carbonyl (C=O) groups is 1. The minimum Gasteiger partial charge on any atom is -0.497 e. The number of methoxy groups -OCH3 is 1. The Kier molecular flexibility index (Phi) is 5.19. The molecule has 4 rings (SSSR count). The Balaban J connectivity index is 1.25. The van der Waals surface area contributed by atoms with E-state index in [0.29, 0.717) is 19.7 Å². The number of ether oxygens (including phenoxy) is 2. The Hall–Kier alpha value is -2.69. The predicted molar refractivity (Wildman–Crippen MR) is 104 cm³/mol. The predicted octanol–water partition coefficient (Wildman–Crippen LogP) is 3.33. The first-order chi connectivity index (χ1) is 13.2. The van der Waals surface area contributed by atoms with E-state index in [-0.39, 0.29) is 6.03 Å². The lowest BCUT2D eigenvalue weighted by Crippen LogP contribution is -2.43. The molecule has 2 amide bonds. The molecule has 2 aromatic carbocycles. The number of amides is 2. The quantitative estimate of drug-likeness (QED) is 0.826. The van der Waals surface area contributed by atoms with Crippen molar-refractivity contribution < 1.29 is 14.3 Å². The molecule has 27 heavy (non-hydrogen) atoms. The van der Waals surface area contributed by atoms with Crippen LogP contribution >= 0.6 is 0 Å². The fourth-order valence-electron chi connectivity index (χ4n) is 3.91. The Bertz CT molecular complexity index is 834. The molecule has 1 aliphatic heterocycles. The van der Waals surface area contributed by atoms with Gasteiger partial charge in [0.25, 0.3) is 0 Å². The average molecular weight is 366 g/mol. The third-order valence-electron chi connectivity index (χ3n) is 5.43. The van der Waals surface area contributed by atoms with Crippen molar-refractivity contribution in [3.8, 4) is 11.5 Å². The summed E-state index contributed by atoms with van der Waals surface area (Å²) in [6, 6.07) is 12.4. The number of nitrogens with zero attached hydrogens (tertiary/aromatic N) is 1. The Morgan fingerprint density at radius 3 is 2.59 bits per heavy atom. The van der Waals surface area contributed by atoms with Gasteiger partial charge >= 0.3 is 6.03 Å². The van der Waals surface area contributed by atoms with Crippen LogP contribution in [0.15, 0.2) is 36.4 Å². The summed E-state index contributed by atoms with van der Waals surface area (Å²) in [5, 5.41) is 2.97. The largest absolute Gasteiger partial charge is 0.497 e. The number of nitrogens with one attached hydrogen (secondary N) is 1. The molecular weight excluding hydrogens is 340 g/mol. The number of fused-ring (bicyclic) bond motifs is 2.